The van der Waals surface area contributed by atoms with Crippen molar-refractivity contribution < 1.29 is 36.9 Å². The molecule has 3 unspecified atom stereocenters. The van der Waals surface area contributed by atoms with Crippen LogP contribution in [0.4, 0.5) is 4.39 Å². The van der Waals surface area contributed by atoms with Crippen molar-refractivity contribution in [1.29, 1.82) is 0 Å². The van der Waals surface area contributed by atoms with Gasteiger partial charge in [0.2, 0.25) is 12.3 Å². The third kappa shape index (κ3) is 6.64. The van der Waals surface area contributed by atoms with Crippen LogP contribution in [0.15, 0.2) is 30.0 Å². The quantitative estimate of drug-likeness (QED) is 0.293. The van der Waals surface area contributed by atoms with Crippen LogP contribution in [0.2, 0.25) is 6.82 Å². The fourth-order valence-electron chi connectivity index (χ4n) is 2.97. The summed E-state index contributed by atoms with van der Waals surface area (Å²) in [6, 6.07) is 3.81. The second-order valence-corrected chi connectivity index (χ2v) is 8.19. The van der Waals surface area contributed by atoms with E-state index in [1.54, 1.807) is 6.92 Å². The van der Waals surface area contributed by atoms with E-state index in [2.05, 4.69) is 13.2 Å². The molecule has 2 heterocycles. The number of nitrogens with one attached hydrogen (secondary N) is 1. The van der Waals surface area contributed by atoms with Gasteiger partial charge in [-0.05, 0) is 38.0 Å². The van der Waals surface area contributed by atoms with E-state index in [1.807, 2.05) is 0 Å². The fourth-order valence-corrected chi connectivity index (χ4v) is 4.22. The van der Waals surface area contributed by atoms with Gasteiger partial charge < -0.3 is 14.6 Å². The molecule has 168 valence electrons. The zero-order valence-electron chi connectivity index (χ0n) is 17.6. The molecule has 1 aromatic rings. The first-order chi connectivity index (χ1) is 14.8. The second-order valence-electron chi connectivity index (χ2n) is 6.59. The molecule has 3 rings (SSSR count). The Morgan fingerprint density at radius 3 is 2.84 bits per heavy atom. The second kappa shape index (κ2) is 11.4. The lowest BCUT2D eigenvalue weighted by Crippen LogP contribution is -2.32. The zero-order valence-corrected chi connectivity index (χ0v) is 18.5. The molecule has 0 spiro atoms. The minimum Gasteiger partial charge on any atom is -0.404 e. The Labute approximate surface area is 181 Å². The van der Waals surface area contributed by atoms with Crippen molar-refractivity contribution in [2.45, 2.75) is 45.5 Å². The topological polar surface area (TPSA) is 103 Å². The average molecular weight is 454 g/mol. The molecule has 9 nitrogen and oxygen atoms in total. The van der Waals surface area contributed by atoms with Gasteiger partial charge in [0.05, 0.1) is 27.2 Å². The van der Waals surface area contributed by atoms with Crippen LogP contribution >= 0.6 is 7.82 Å². The summed E-state index contributed by atoms with van der Waals surface area (Å²) in [5, 5.41) is 2.47. The van der Waals surface area contributed by atoms with Crippen molar-refractivity contribution in [2.75, 3.05) is 13.7 Å². The summed E-state index contributed by atoms with van der Waals surface area (Å²) >= 11 is 0. The Morgan fingerprint density at radius 2 is 2.16 bits per heavy atom. The number of fused-ring (bicyclic) bond motifs is 1. The van der Waals surface area contributed by atoms with Gasteiger partial charge in [0, 0.05) is 24.4 Å². The maximum atomic E-state index is 13.2. The minimum absolute atomic E-state index is 0.0743. The number of nitrogens with zero attached hydrogens (tertiary/aromatic N) is 1. The van der Waals surface area contributed by atoms with Crippen molar-refractivity contribution in [1.82, 2.24) is 10.2 Å². The molecular formula is C19H25BFN2O7P. The molecule has 3 atom stereocenters. The van der Waals surface area contributed by atoms with Gasteiger partial charge in [0.25, 0.3) is 0 Å². The molecule has 1 N–H and O–H groups in total. The van der Waals surface area contributed by atoms with E-state index in [4.69, 9.17) is 18.3 Å². The first-order valence-electron chi connectivity index (χ1n) is 9.57. The monoisotopic (exact) mass is 454 g/mol. The summed E-state index contributed by atoms with van der Waals surface area (Å²) in [6.07, 6.45) is 2.03. The number of ether oxygens (including phenoxy) is 1. The third-order valence-electron chi connectivity index (χ3n) is 4.50. The number of carbonyl (C=O) groups is 2. The van der Waals surface area contributed by atoms with Crippen molar-refractivity contribution in [3.8, 4) is 5.75 Å². The number of benzene rings is 1. The Hall–Kier alpha value is -2.20. The number of hydrogen-bond acceptors (Lipinski definition) is 7. The molecule has 0 aliphatic carbocycles. The SMILES string of the molecule is CNC(=O)/C(C)=C\N(C=O)C1CCC(COP2(=O)OCc3cc(F)ccc3O2)O1.[B]C. The van der Waals surface area contributed by atoms with E-state index in [9.17, 15) is 18.5 Å². The maximum Gasteiger partial charge on any atom is 0.530 e. The Balaban J connectivity index is 0.00000166. The van der Waals surface area contributed by atoms with Crippen LogP contribution in [-0.2, 0) is 34.5 Å². The highest BCUT2D eigenvalue weighted by molar-refractivity contribution is 7.49. The summed E-state index contributed by atoms with van der Waals surface area (Å²) in [5.74, 6) is -0.507. The number of carbonyl (C=O) groups excluding carboxylic acids is 2. The Kier molecular flexibility index (Phi) is 9.24. The molecule has 2 amide bonds. The number of halogens is 1. The predicted molar refractivity (Wildman–Crippen MR) is 111 cm³/mol. The van der Waals surface area contributed by atoms with Gasteiger partial charge in [-0.3, -0.25) is 23.5 Å². The number of phosphoric ester groups is 1. The van der Waals surface area contributed by atoms with E-state index < -0.39 is 26.0 Å². The summed E-state index contributed by atoms with van der Waals surface area (Å²) in [6.45, 7) is 2.91. The zero-order chi connectivity index (χ0) is 23.0. The van der Waals surface area contributed by atoms with E-state index in [1.165, 1.54) is 43.2 Å². The van der Waals surface area contributed by atoms with E-state index in [-0.39, 0.29) is 24.9 Å². The lowest BCUT2D eigenvalue weighted by atomic mass is 10.2. The van der Waals surface area contributed by atoms with E-state index in [0.717, 1.165) is 0 Å². The highest BCUT2D eigenvalue weighted by atomic mass is 31.2. The largest absolute Gasteiger partial charge is 0.530 e. The lowest BCUT2D eigenvalue weighted by Gasteiger charge is -2.26. The average Bonchev–Trinajstić information content (AvgIpc) is 3.26. The van der Waals surface area contributed by atoms with Crippen LogP contribution in [0, 0.1) is 5.82 Å². The van der Waals surface area contributed by atoms with Crippen molar-refractivity contribution in [3.63, 3.8) is 0 Å². The molecule has 1 aromatic carbocycles. The lowest BCUT2D eigenvalue weighted by molar-refractivity contribution is -0.127. The van der Waals surface area contributed by atoms with Gasteiger partial charge in [-0.2, -0.15) is 0 Å². The van der Waals surface area contributed by atoms with Crippen LogP contribution < -0.4 is 9.84 Å². The van der Waals surface area contributed by atoms with Crippen molar-refractivity contribution in [3.05, 3.63) is 41.4 Å². The molecule has 2 radical (unpaired) electrons. The normalized spacial score (nSPS) is 24.8. The van der Waals surface area contributed by atoms with Crippen molar-refractivity contribution >= 4 is 28.0 Å². The van der Waals surface area contributed by atoms with Crippen LogP contribution in [0.3, 0.4) is 0 Å². The van der Waals surface area contributed by atoms with E-state index in [0.29, 0.717) is 30.4 Å². The molecular weight excluding hydrogens is 429 g/mol. The number of phosphoric acid groups is 1. The number of rotatable bonds is 7. The molecule has 0 bridgehead atoms. The van der Waals surface area contributed by atoms with Gasteiger partial charge in [0.1, 0.15) is 17.8 Å². The summed E-state index contributed by atoms with van der Waals surface area (Å²) in [5.41, 5.74) is 0.795. The molecule has 0 saturated carbocycles. The van der Waals surface area contributed by atoms with Gasteiger partial charge in [-0.15, -0.1) is 0 Å². The fraction of sp³-hybridized carbons (Fsp3) is 0.474. The maximum absolute atomic E-state index is 13.2. The first kappa shape index (κ1) is 25.1. The van der Waals surface area contributed by atoms with Crippen LogP contribution in [0.1, 0.15) is 25.3 Å². The predicted octanol–water partition coefficient (Wildman–Crippen LogP) is 2.68. The van der Waals surface area contributed by atoms with Gasteiger partial charge in [-0.25, -0.2) is 8.96 Å². The number of hydrogen-bond donors (Lipinski definition) is 1. The van der Waals surface area contributed by atoms with Gasteiger partial charge in [-0.1, -0.05) is 6.82 Å². The molecule has 1 saturated heterocycles. The Morgan fingerprint density at radius 1 is 1.42 bits per heavy atom. The first-order valence-corrected chi connectivity index (χ1v) is 11.0. The van der Waals surface area contributed by atoms with Gasteiger partial charge in [0.15, 0.2) is 0 Å². The standard InChI is InChI=1S/C18H22FN2O7P.CH3B/c1-12(18(23)20-2)8-21(11-22)17-6-4-15(27-17)10-26-29(24)25-9-13-7-14(19)3-5-16(13)28-29;1-2/h3,5,7-8,11,15,17H,4,6,9-10H2,1-2H3,(H,20,23);1H3/b12-8-;. The highest BCUT2D eigenvalue weighted by Crippen LogP contribution is 2.54. The molecule has 31 heavy (non-hydrogen) atoms. The molecule has 0 aromatic heterocycles. The number of amides is 2. The smallest absolute Gasteiger partial charge is 0.404 e. The molecule has 1 fully saturated rings. The summed E-state index contributed by atoms with van der Waals surface area (Å²) in [7, 11) is 2.14. The van der Waals surface area contributed by atoms with Gasteiger partial charge >= 0.3 is 7.82 Å². The summed E-state index contributed by atoms with van der Waals surface area (Å²) < 4.78 is 47.4. The van der Waals surface area contributed by atoms with Crippen LogP contribution in [-0.4, -0.2) is 51.0 Å². The highest BCUT2D eigenvalue weighted by Gasteiger charge is 2.37. The summed E-state index contributed by atoms with van der Waals surface area (Å²) in [4.78, 5) is 24.2. The number of likely N-dealkylation sites (N-methyl/N-ethyl adjacent to an activating group) is 1. The molecule has 2 aliphatic heterocycles. The molecule has 12 heteroatoms. The minimum atomic E-state index is -3.85. The van der Waals surface area contributed by atoms with Crippen LogP contribution in [0.5, 0.6) is 5.75 Å². The third-order valence-corrected chi connectivity index (χ3v) is 5.83. The molecule has 2 aliphatic rings. The van der Waals surface area contributed by atoms with Crippen LogP contribution in [0.25, 0.3) is 0 Å². The van der Waals surface area contributed by atoms with Crippen molar-refractivity contribution in [2.24, 2.45) is 0 Å². The Bertz CT molecular complexity index is 870. The van der Waals surface area contributed by atoms with E-state index >= 15 is 0 Å².